The molecule has 1 N–H and O–H groups in total. The first-order valence-electron chi connectivity index (χ1n) is 8.84. The van der Waals surface area contributed by atoms with Crippen LogP contribution in [-0.4, -0.2) is 21.1 Å². The highest BCUT2D eigenvalue weighted by Crippen LogP contribution is 2.34. The average Bonchev–Trinajstić information content (AvgIpc) is 3.42. The van der Waals surface area contributed by atoms with Gasteiger partial charge in [0.2, 0.25) is 5.13 Å². The van der Waals surface area contributed by atoms with Crippen molar-refractivity contribution < 1.29 is 9.21 Å². The van der Waals surface area contributed by atoms with E-state index in [4.69, 9.17) is 4.42 Å². The molecule has 1 amide bonds. The number of aromatic nitrogens is 3. The fraction of sp³-hybridized carbons (Fsp3) is 0.200. The summed E-state index contributed by atoms with van der Waals surface area (Å²) < 4.78 is 5.46. The Morgan fingerprint density at radius 2 is 1.93 bits per heavy atom. The van der Waals surface area contributed by atoms with E-state index < -0.39 is 0 Å². The summed E-state index contributed by atoms with van der Waals surface area (Å²) in [5.74, 6) is 0.872. The summed E-state index contributed by atoms with van der Waals surface area (Å²) >= 11 is 2.70. The molecule has 0 saturated heterocycles. The number of carbonyl (C=O) groups is 1. The lowest BCUT2D eigenvalue weighted by Crippen LogP contribution is -2.11. The van der Waals surface area contributed by atoms with Gasteiger partial charge in [0.05, 0.1) is 12.0 Å². The molecule has 1 aromatic carbocycles. The van der Waals surface area contributed by atoms with E-state index >= 15 is 0 Å². The average molecular weight is 411 g/mol. The van der Waals surface area contributed by atoms with Gasteiger partial charge in [-0.1, -0.05) is 55.5 Å². The Bertz CT molecular complexity index is 1070. The number of furan rings is 1. The Morgan fingerprint density at radius 3 is 2.64 bits per heavy atom. The zero-order chi connectivity index (χ0) is 19.5. The molecule has 3 aromatic heterocycles. The maximum absolute atomic E-state index is 13.0. The third kappa shape index (κ3) is 4.02. The van der Waals surface area contributed by atoms with E-state index in [0.717, 1.165) is 17.0 Å². The number of rotatable bonds is 6. The number of thiazole rings is 1. The second kappa shape index (κ2) is 8.04. The van der Waals surface area contributed by atoms with Gasteiger partial charge < -0.3 is 4.42 Å². The smallest absolute Gasteiger partial charge is 0.269 e. The van der Waals surface area contributed by atoms with Crippen LogP contribution in [0.5, 0.6) is 0 Å². The summed E-state index contributed by atoms with van der Waals surface area (Å²) in [6.07, 6.45) is 2.43. The Hall–Kier alpha value is -2.84. The minimum absolute atomic E-state index is 0.249. The molecule has 0 spiro atoms. The fourth-order valence-electron chi connectivity index (χ4n) is 2.66. The Morgan fingerprint density at radius 1 is 1.11 bits per heavy atom. The maximum Gasteiger partial charge on any atom is 0.269 e. The Kier molecular flexibility index (Phi) is 5.31. The van der Waals surface area contributed by atoms with Crippen molar-refractivity contribution in [2.45, 2.75) is 20.3 Å². The van der Waals surface area contributed by atoms with Crippen molar-refractivity contribution in [3.05, 3.63) is 58.6 Å². The van der Waals surface area contributed by atoms with E-state index in [9.17, 15) is 4.79 Å². The van der Waals surface area contributed by atoms with Crippen LogP contribution < -0.4 is 5.32 Å². The molecule has 4 rings (SSSR count). The maximum atomic E-state index is 13.0. The third-order valence-corrected chi connectivity index (χ3v) is 5.81. The normalized spacial score (nSPS) is 11.1. The largest absolute Gasteiger partial charge is 0.462 e. The highest BCUT2D eigenvalue weighted by atomic mass is 32.1. The third-order valence-electron chi connectivity index (χ3n) is 3.88. The number of hydrogen-bond acceptors (Lipinski definition) is 7. The predicted molar refractivity (Wildman–Crippen MR) is 112 cm³/mol. The summed E-state index contributed by atoms with van der Waals surface area (Å²) in [6.45, 7) is 4.25. The summed E-state index contributed by atoms with van der Waals surface area (Å²) in [5.41, 5.74) is 1.50. The molecule has 0 aliphatic heterocycles. The van der Waals surface area contributed by atoms with Gasteiger partial charge in [-0.2, -0.15) is 0 Å². The lowest BCUT2D eigenvalue weighted by Gasteiger charge is -2.02. The van der Waals surface area contributed by atoms with E-state index in [-0.39, 0.29) is 5.91 Å². The standard InChI is InChI=1S/C20H18N4O2S2/c1-12(2)11-15-23-24-20(27-15)22-18(25)17-16(13-7-4-3-5-8-13)21-19(28-17)14-9-6-10-26-14/h3-10,12H,11H2,1-2H3,(H,22,24,25). The van der Waals surface area contributed by atoms with E-state index in [1.807, 2.05) is 36.4 Å². The van der Waals surface area contributed by atoms with Crippen molar-refractivity contribution in [1.82, 2.24) is 15.2 Å². The van der Waals surface area contributed by atoms with Gasteiger partial charge in [-0.15, -0.1) is 21.5 Å². The van der Waals surface area contributed by atoms with Crippen molar-refractivity contribution >= 4 is 33.7 Å². The van der Waals surface area contributed by atoms with Crippen molar-refractivity contribution in [2.24, 2.45) is 5.92 Å². The summed E-state index contributed by atoms with van der Waals surface area (Å²) in [4.78, 5) is 18.2. The molecule has 0 saturated carbocycles. The molecule has 28 heavy (non-hydrogen) atoms. The zero-order valence-electron chi connectivity index (χ0n) is 15.4. The van der Waals surface area contributed by atoms with Crippen LogP contribution in [-0.2, 0) is 6.42 Å². The highest BCUT2D eigenvalue weighted by Gasteiger charge is 2.22. The molecular formula is C20H18N4O2S2. The van der Waals surface area contributed by atoms with Crippen molar-refractivity contribution in [2.75, 3.05) is 5.32 Å². The Balaban J connectivity index is 1.65. The fourth-order valence-corrected chi connectivity index (χ4v) is 4.56. The molecule has 142 valence electrons. The number of amides is 1. The molecule has 0 aliphatic rings. The summed E-state index contributed by atoms with van der Waals surface area (Å²) in [5, 5.41) is 13.2. The molecule has 3 heterocycles. The quantitative estimate of drug-likeness (QED) is 0.462. The van der Waals surface area contributed by atoms with Crippen LogP contribution in [0.3, 0.4) is 0 Å². The number of anilines is 1. The Labute approximate surface area is 170 Å². The van der Waals surface area contributed by atoms with Gasteiger partial charge in [0.25, 0.3) is 5.91 Å². The first kappa shape index (κ1) is 18.5. The molecule has 0 bridgehead atoms. The first-order chi connectivity index (χ1) is 13.6. The van der Waals surface area contributed by atoms with Crippen molar-refractivity contribution in [3.8, 4) is 22.0 Å². The predicted octanol–water partition coefficient (Wildman–Crippen LogP) is 5.37. The number of hydrogen-bond donors (Lipinski definition) is 1. The van der Waals surface area contributed by atoms with Crippen molar-refractivity contribution in [3.63, 3.8) is 0 Å². The van der Waals surface area contributed by atoms with E-state index in [1.165, 1.54) is 22.7 Å². The van der Waals surface area contributed by atoms with Crippen molar-refractivity contribution in [1.29, 1.82) is 0 Å². The molecule has 0 fully saturated rings. The number of nitrogens with zero attached hydrogens (tertiary/aromatic N) is 3. The van der Waals surface area contributed by atoms with Crippen LogP contribution in [0.2, 0.25) is 0 Å². The molecule has 4 aromatic rings. The van der Waals surface area contributed by atoms with E-state index in [2.05, 4.69) is 34.3 Å². The molecule has 0 unspecified atom stereocenters. The highest BCUT2D eigenvalue weighted by molar-refractivity contribution is 7.18. The van der Waals surface area contributed by atoms with E-state index in [0.29, 0.717) is 32.4 Å². The minimum Gasteiger partial charge on any atom is -0.462 e. The first-order valence-corrected chi connectivity index (χ1v) is 10.5. The van der Waals surface area contributed by atoms with E-state index in [1.54, 1.807) is 12.3 Å². The van der Waals surface area contributed by atoms with Crippen LogP contribution in [0.1, 0.15) is 28.5 Å². The number of carbonyl (C=O) groups excluding carboxylic acids is 1. The van der Waals surface area contributed by atoms with Crippen LogP contribution in [0, 0.1) is 5.92 Å². The second-order valence-electron chi connectivity index (χ2n) is 6.59. The van der Waals surface area contributed by atoms with Crippen LogP contribution in [0.25, 0.3) is 22.0 Å². The lowest BCUT2D eigenvalue weighted by atomic mass is 10.1. The topological polar surface area (TPSA) is 80.9 Å². The molecule has 0 radical (unpaired) electrons. The van der Waals surface area contributed by atoms with Gasteiger partial charge in [-0.25, -0.2) is 4.98 Å². The van der Waals surface area contributed by atoms with Crippen LogP contribution >= 0.6 is 22.7 Å². The minimum atomic E-state index is -0.249. The van der Waals surface area contributed by atoms with Crippen LogP contribution in [0.4, 0.5) is 5.13 Å². The summed E-state index contributed by atoms with van der Waals surface area (Å²) in [7, 11) is 0. The molecule has 8 heteroatoms. The summed E-state index contributed by atoms with van der Waals surface area (Å²) in [6, 6.07) is 13.3. The lowest BCUT2D eigenvalue weighted by molar-refractivity contribution is 0.103. The molecule has 0 atom stereocenters. The van der Waals surface area contributed by atoms with Gasteiger partial charge in [0.15, 0.2) is 10.8 Å². The van der Waals surface area contributed by atoms with Gasteiger partial charge in [-0.3, -0.25) is 10.1 Å². The SMILES string of the molecule is CC(C)Cc1nnc(NC(=O)c2sc(-c3ccco3)nc2-c2ccccc2)s1. The van der Waals surface area contributed by atoms with Gasteiger partial charge >= 0.3 is 0 Å². The second-order valence-corrected chi connectivity index (χ2v) is 8.65. The number of nitrogens with one attached hydrogen (secondary N) is 1. The van der Waals surface area contributed by atoms with Gasteiger partial charge in [0.1, 0.15) is 9.88 Å². The molecule has 6 nitrogen and oxygen atoms in total. The number of benzene rings is 1. The van der Waals surface area contributed by atoms with Crippen LogP contribution in [0.15, 0.2) is 53.1 Å². The van der Waals surface area contributed by atoms with Gasteiger partial charge in [-0.05, 0) is 18.1 Å². The zero-order valence-corrected chi connectivity index (χ0v) is 17.0. The molecular weight excluding hydrogens is 392 g/mol. The monoisotopic (exact) mass is 410 g/mol. The molecule has 0 aliphatic carbocycles. The van der Waals surface area contributed by atoms with Gasteiger partial charge in [0, 0.05) is 12.0 Å².